The number of hydrogen-bond acceptors (Lipinski definition) is 2. The Morgan fingerprint density at radius 3 is 2.45 bits per heavy atom. The highest BCUT2D eigenvalue weighted by atomic mass is 19.1. The Kier molecular flexibility index (Phi) is 4.03. The average molecular weight is 273 g/mol. The number of rotatable bonds is 4. The second-order valence-corrected chi connectivity index (χ2v) is 4.73. The molecule has 0 amide bonds. The van der Waals surface area contributed by atoms with Gasteiger partial charge in [-0.25, -0.2) is 9.18 Å². The third-order valence-electron chi connectivity index (χ3n) is 3.23. The summed E-state index contributed by atoms with van der Waals surface area (Å²) in [5.74, 6) is -1.37. The van der Waals surface area contributed by atoms with Crippen molar-refractivity contribution in [3.05, 3.63) is 65.0 Å². The molecular formula is C16H16FNO2. The minimum Gasteiger partial charge on any atom is -0.479 e. The lowest BCUT2D eigenvalue weighted by molar-refractivity contribution is -0.138. The van der Waals surface area contributed by atoms with Crippen molar-refractivity contribution in [2.75, 3.05) is 5.32 Å². The van der Waals surface area contributed by atoms with E-state index in [4.69, 9.17) is 0 Å². The van der Waals surface area contributed by atoms with Gasteiger partial charge in [-0.05, 0) is 48.7 Å². The summed E-state index contributed by atoms with van der Waals surface area (Å²) in [5.41, 5.74) is 2.88. The van der Waals surface area contributed by atoms with Gasteiger partial charge in [-0.2, -0.15) is 0 Å². The SMILES string of the molecule is Cc1ccccc1NC(C(=O)O)c1ccc(F)cc1C. The van der Waals surface area contributed by atoms with Crippen LogP contribution in [0.3, 0.4) is 0 Å². The van der Waals surface area contributed by atoms with Gasteiger partial charge < -0.3 is 10.4 Å². The molecule has 0 aliphatic carbocycles. The molecule has 0 saturated carbocycles. The van der Waals surface area contributed by atoms with Crippen molar-refractivity contribution in [3.8, 4) is 0 Å². The number of benzene rings is 2. The lowest BCUT2D eigenvalue weighted by Crippen LogP contribution is -2.22. The molecule has 0 heterocycles. The van der Waals surface area contributed by atoms with Gasteiger partial charge in [0.25, 0.3) is 0 Å². The first kappa shape index (κ1) is 14.1. The highest BCUT2D eigenvalue weighted by Gasteiger charge is 2.22. The highest BCUT2D eigenvalue weighted by Crippen LogP contribution is 2.25. The number of carbonyl (C=O) groups is 1. The number of para-hydroxylation sites is 1. The van der Waals surface area contributed by atoms with Crippen LogP contribution in [0.15, 0.2) is 42.5 Å². The van der Waals surface area contributed by atoms with Crippen LogP contribution in [0.5, 0.6) is 0 Å². The first-order valence-electron chi connectivity index (χ1n) is 6.30. The number of carboxylic acids is 1. The van der Waals surface area contributed by atoms with Crippen LogP contribution in [0.2, 0.25) is 0 Å². The van der Waals surface area contributed by atoms with Gasteiger partial charge in [-0.3, -0.25) is 0 Å². The molecule has 0 aliphatic heterocycles. The van der Waals surface area contributed by atoms with Crippen molar-refractivity contribution >= 4 is 11.7 Å². The molecule has 0 spiro atoms. The quantitative estimate of drug-likeness (QED) is 0.893. The lowest BCUT2D eigenvalue weighted by atomic mass is 10.0. The molecule has 1 atom stereocenters. The second kappa shape index (κ2) is 5.74. The normalized spacial score (nSPS) is 11.9. The molecule has 0 aromatic heterocycles. The average Bonchev–Trinajstić information content (AvgIpc) is 2.38. The van der Waals surface area contributed by atoms with Gasteiger partial charge in [0.05, 0.1) is 0 Å². The van der Waals surface area contributed by atoms with Gasteiger partial charge in [-0.1, -0.05) is 24.3 Å². The van der Waals surface area contributed by atoms with E-state index >= 15 is 0 Å². The van der Waals surface area contributed by atoms with Gasteiger partial charge in [0, 0.05) is 5.69 Å². The zero-order valence-corrected chi connectivity index (χ0v) is 11.4. The summed E-state index contributed by atoms with van der Waals surface area (Å²) in [6.45, 7) is 3.60. The number of carboxylic acid groups (broad SMARTS) is 1. The summed E-state index contributed by atoms with van der Waals surface area (Å²) < 4.78 is 13.1. The third kappa shape index (κ3) is 2.96. The molecule has 104 valence electrons. The van der Waals surface area contributed by atoms with Crippen molar-refractivity contribution in [1.29, 1.82) is 0 Å². The van der Waals surface area contributed by atoms with Crippen molar-refractivity contribution in [2.45, 2.75) is 19.9 Å². The summed E-state index contributed by atoms with van der Waals surface area (Å²) in [4.78, 5) is 11.5. The van der Waals surface area contributed by atoms with Crippen LogP contribution in [0.25, 0.3) is 0 Å². The zero-order chi connectivity index (χ0) is 14.7. The molecule has 2 aromatic carbocycles. The molecule has 2 rings (SSSR count). The maximum atomic E-state index is 13.1. The topological polar surface area (TPSA) is 49.3 Å². The van der Waals surface area contributed by atoms with Crippen molar-refractivity contribution in [3.63, 3.8) is 0 Å². The van der Waals surface area contributed by atoms with Gasteiger partial charge in [0.15, 0.2) is 6.04 Å². The Hall–Kier alpha value is -2.36. The molecule has 0 radical (unpaired) electrons. The maximum Gasteiger partial charge on any atom is 0.330 e. The standard InChI is InChI=1S/C16H16FNO2/c1-10-5-3-4-6-14(10)18-15(16(19)20)13-8-7-12(17)9-11(13)2/h3-9,15,18H,1-2H3,(H,19,20). The molecule has 3 nitrogen and oxygen atoms in total. The molecule has 0 aliphatic rings. The van der Waals surface area contributed by atoms with Crippen molar-refractivity contribution in [2.24, 2.45) is 0 Å². The number of hydrogen-bond donors (Lipinski definition) is 2. The van der Waals surface area contributed by atoms with E-state index in [0.717, 1.165) is 11.3 Å². The fourth-order valence-corrected chi connectivity index (χ4v) is 2.13. The summed E-state index contributed by atoms with van der Waals surface area (Å²) in [6.07, 6.45) is 0. The predicted octanol–water partition coefficient (Wildman–Crippen LogP) is 3.68. The molecule has 4 heteroatoms. The van der Waals surface area contributed by atoms with E-state index in [0.29, 0.717) is 11.1 Å². The van der Waals surface area contributed by atoms with Crippen LogP contribution in [-0.4, -0.2) is 11.1 Å². The Bertz CT molecular complexity index is 640. The van der Waals surface area contributed by atoms with Gasteiger partial charge in [0.1, 0.15) is 5.82 Å². The predicted molar refractivity (Wildman–Crippen MR) is 76.3 cm³/mol. The maximum absolute atomic E-state index is 13.1. The second-order valence-electron chi connectivity index (χ2n) is 4.73. The first-order chi connectivity index (χ1) is 9.49. The number of aliphatic carboxylic acids is 1. The summed E-state index contributed by atoms with van der Waals surface area (Å²) >= 11 is 0. The molecule has 20 heavy (non-hydrogen) atoms. The summed E-state index contributed by atoms with van der Waals surface area (Å²) in [7, 11) is 0. The number of nitrogens with one attached hydrogen (secondary N) is 1. The van der Waals surface area contributed by atoms with E-state index in [2.05, 4.69) is 5.32 Å². The fraction of sp³-hybridized carbons (Fsp3) is 0.188. The highest BCUT2D eigenvalue weighted by molar-refractivity contribution is 5.80. The van der Waals surface area contributed by atoms with Crippen LogP contribution in [0, 0.1) is 19.7 Å². The number of aryl methyl sites for hydroxylation is 2. The van der Waals surface area contributed by atoms with Crippen LogP contribution < -0.4 is 5.32 Å². The smallest absolute Gasteiger partial charge is 0.330 e. The van der Waals surface area contributed by atoms with E-state index in [1.165, 1.54) is 18.2 Å². The largest absolute Gasteiger partial charge is 0.479 e. The molecule has 0 saturated heterocycles. The van der Waals surface area contributed by atoms with Gasteiger partial charge >= 0.3 is 5.97 Å². The van der Waals surface area contributed by atoms with Crippen molar-refractivity contribution in [1.82, 2.24) is 0 Å². The Morgan fingerprint density at radius 2 is 1.85 bits per heavy atom. The molecule has 1 unspecified atom stereocenters. The van der Waals surface area contributed by atoms with Crippen molar-refractivity contribution < 1.29 is 14.3 Å². The van der Waals surface area contributed by atoms with E-state index in [1.54, 1.807) is 6.92 Å². The number of anilines is 1. The van der Waals surface area contributed by atoms with Gasteiger partial charge in [0.2, 0.25) is 0 Å². The van der Waals surface area contributed by atoms with E-state index in [1.807, 2.05) is 31.2 Å². The minimum absolute atomic E-state index is 0.369. The minimum atomic E-state index is -0.997. The third-order valence-corrected chi connectivity index (χ3v) is 3.23. The summed E-state index contributed by atoms with van der Waals surface area (Å²) in [5, 5.41) is 12.4. The Morgan fingerprint density at radius 1 is 1.15 bits per heavy atom. The van der Waals surface area contributed by atoms with E-state index in [9.17, 15) is 14.3 Å². The Labute approximate surface area is 117 Å². The molecule has 0 fully saturated rings. The monoisotopic (exact) mass is 273 g/mol. The van der Waals surface area contributed by atoms with Crippen LogP contribution in [0.4, 0.5) is 10.1 Å². The van der Waals surface area contributed by atoms with Gasteiger partial charge in [-0.15, -0.1) is 0 Å². The van der Waals surface area contributed by atoms with E-state index in [-0.39, 0.29) is 5.82 Å². The molecule has 2 aromatic rings. The van der Waals surface area contributed by atoms with E-state index < -0.39 is 12.0 Å². The molecule has 2 N–H and O–H groups in total. The van der Waals surface area contributed by atoms with Crippen LogP contribution in [-0.2, 0) is 4.79 Å². The lowest BCUT2D eigenvalue weighted by Gasteiger charge is -2.19. The van der Waals surface area contributed by atoms with Crippen LogP contribution >= 0.6 is 0 Å². The first-order valence-corrected chi connectivity index (χ1v) is 6.30. The van der Waals surface area contributed by atoms with Crippen LogP contribution in [0.1, 0.15) is 22.7 Å². The Balaban J connectivity index is 2.37. The molecular weight excluding hydrogens is 257 g/mol. The zero-order valence-electron chi connectivity index (χ0n) is 11.4. The fourth-order valence-electron chi connectivity index (χ4n) is 2.13. The molecule has 0 bridgehead atoms. The summed E-state index contributed by atoms with van der Waals surface area (Å²) in [6, 6.07) is 10.7. The number of halogens is 1.